The fourth-order valence-corrected chi connectivity index (χ4v) is 2.11. The maximum atomic E-state index is 5.62. The Bertz CT molecular complexity index is 250. The molecule has 0 aromatic heterocycles. The van der Waals surface area contributed by atoms with Crippen molar-refractivity contribution in [3.63, 3.8) is 0 Å². The van der Waals surface area contributed by atoms with E-state index in [2.05, 4.69) is 30.6 Å². The van der Waals surface area contributed by atoms with Crippen LogP contribution in [0.2, 0.25) is 0 Å². The van der Waals surface area contributed by atoms with Crippen LogP contribution in [0.15, 0.2) is 12.2 Å². The molecular formula is C13H24N2O. The summed E-state index contributed by atoms with van der Waals surface area (Å²) in [6.07, 6.45) is 3.05. The van der Waals surface area contributed by atoms with Gasteiger partial charge in [-0.15, -0.1) is 0 Å². The predicted octanol–water partition coefficient (Wildman–Crippen LogP) is 1.40. The topological polar surface area (TPSA) is 24.5 Å². The number of hydrogen-bond donors (Lipinski definition) is 1. The summed E-state index contributed by atoms with van der Waals surface area (Å²) < 4.78 is 5.62. The summed E-state index contributed by atoms with van der Waals surface area (Å²) in [6.45, 7) is 12.4. The molecule has 1 N–H and O–H groups in total. The quantitative estimate of drug-likeness (QED) is 0.715. The molecule has 2 unspecified atom stereocenters. The summed E-state index contributed by atoms with van der Waals surface area (Å²) in [6, 6.07) is 1.30. The summed E-state index contributed by atoms with van der Waals surface area (Å²) >= 11 is 0. The molecule has 0 bridgehead atoms. The van der Waals surface area contributed by atoms with E-state index in [1.807, 2.05) is 0 Å². The van der Waals surface area contributed by atoms with Crippen LogP contribution in [0.3, 0.4) is 0 Å². The number of nitrogens with zero attached hydrogens (tertiary/aromatic N) is 1. The fraction of sp³-hybridized carbons (Fsp3) is 0.846. The lowest BCUT2D eigenvalue weighted by molar-refractivity contribution is -0.0457. The Morgan fingerprint density at radius 1 is 1.44 bits per heavy atom. The van der Waals surface area contributed by atoms with Crippen LogP contribution in [0, 0.1) is 0 Å². The molecule has 92 valence electrons. The Kier molecular flexibility index (Phi) is 4.00. The average Bonchev–Trinajstić information content (AvgIpc) is 3.04. The second-order valence-corrected chi connectivity index (χ2v) is 5.33. The van der Waals surface area contributed by atoms with Crippen LogP contribution in [0.4, 0.5) is 0 Å². The fourth-order valence-electron chi connectivity index (χ4n) is 2.11. The van der Waals surface area contributed by atoms with E-state index in [-0.39, 0.29) is 0 Å². The minimum absolute atomic E-state index is 0.361. The lowest BCUT2D eigenvalue weighted by atomic mass is 10.1. The molecule has 1 saturated heterocycles. The molecule has 0 aromatic rings. The molecule has 16 heavy (non-hydrogen) atoms. The SMILES string of the molecule is C=C(CNC1CC1)CN1CC(C)OCC1C. The highest BCUT2D eigenvalue weighted by Gasteiger charge is 2.24. The zero-order chi connectivity index (χ0) is 11.5. The van der Waals surface area contributed by atoms with Gasteiger partial charge in [-0.25, -0.2) is 0 Å². The van der Waals surface area contributed by atoms with Gasteiger partial charge in [0, 0.05) is 31.7 Å². The first kappa shape index (κ1) is 12.1. The standard InChI is InChI=1S/C13H24N2O/c1-10(6-14-13-4-5-13)7-15-8-12(3)16-9-11(15)2/h11-14H,1,4-9H2,2-3H3. The van der Waals surface area contributed by atoms with Crippen molar-refractivity contribution in [2.45, 2.75) is 44.9 Å². The highest BCUT2D eigenvalue weighted by atomic mass is 16.5. The van der Waals surface area contributed by atoms with Gasteiger partial charge >= 0.3 is 0 Å². The molecule has 1 heterocycles. The molecule has 1 aliphatic carbocycles. The molecule has 2 rings (SSSR count). The molecule has 2 aliphatic rings. The monoisotopic (exact) mass is 224 g/mol. The first-order valence-electron chi connectivity index (χ1n) is 6.41. The van der Waals surface area contributed by atoms with Crippen molar-refractivity contribution in [3.8, 4) is 0 Å². The Morgan fingerprint density at radius 3 is 2.88 bits per heavy atom. The largest absolute Gasteiger partial charge is 0.376 e. The van der Waals surface area contributed by atoms with E-state index in [4.69, 9.17) is 4.74 Å². The number of ether oxygens (including phenoxy) is 1. The van der Waals surface area contributed by atoms with E-state index in [1.54, 1.807) is 0 Å². The summed E-state index contributed by atoms with van der Waals surface area (Å²) in [5, 5.41) is 3.51. The van der Waals surface area contributed by atoms with Gasteiger partial charge in [0.1, 0.15) is 0 Å². The molecule has 1 saturated carbocycles. The molecule has 2 atom stereocenters. The lowest BCUT2D eigenvalue weighted by Crippen LogP contribution is -2.48. The third-order valence-corrected chi connectivity index (χ3v) is 3.38. The van der Waals surface area contributed by atoms with Gasteiger partial charge in [-0.1, -0.05) is 6.58 Å². The van der Waals surface area contributed by atoms with Crippen molar-refractivity contribution in [3.05, 3.63) is 12.2 Å². The smallest absolute Gasteiger partial charge is 0.0674 e. The summed E-state index contributed by atoms with van der Waals surface area (Å²) in [7, 11) is 0. The van der Waals surface area contributed by atoms with E-state index >= 15 is 0 Å². The molecule has 0 radical (unpaired) electrons. The van der Waals surface area contributed by atoms with Gasteiger partial charge in [0.2, 0.25) is 0 Å². The van der Waals surface area contributed by atoms with E-state index in [0.29, 0.717) is 12.1 Å². The molecule has 0 aromatic carbocycles. The van der Waals surface area contributed by atoms with Crippen molar-refractivity contribution in [2.75, 3.05) is 26.2 Å². The van der Waals surface area contributed by atoms with Crippen molar-refractivity contribution in [2.24, 2.45) is 0 Å². The zero-order valence-electron chi connectivity index (χ0n) is 10.5. The Labute approximate surface area is 98.8 Å². The van der Waals surface area contributed by atoms with Gasteiger partial charge < -0.3 is 10.1 Å². The first-order chi connectivity index (χ1) is 7.65. The molecular weight excluding hydrogens is 200 g/mol. The summed E-state index contributed by atoms with van der Waals surface area (Å²) in [5.41, 5.74) is 1.30. The second-order valence-electron chi connectivity index (χ2n) is 5.33. The van der Waals surface area contributed by atoms with E-state index in [1.165, 1.54) is 18.4 Å². The average molecular weight is 224 g/mol. The number of morpholine rings is 1. The Morgan fingerprint density at radius 2 is 2.19 bits per heavy atom. The van der Waals surface area contributed by atoms with Crippen LogP contribution in [-0.4, -0.2) is 49.3 Å². The Balaban J connectivity index is 1.71. The second kappa shape index (κ2) is 5.30. The van der Waals surface area contributed by atoms with E-state index in [9.17, 15) is 0 Å². The predicted molar refractivity (Wildman–Crippen MR) is 66.6 cm³/mol. The summed E-state index contributed by atoms with van der Waals surface area (Å²) in [5.74, 6) is 0. The van der Waals surface area contributed by atoms with Crippen LogP contribution >= 0.6 is 0 Å². The summed E-state index contributed by atoms with van der Waals surface area (Å²) in [4.78, 5) is 2.48. The number of nitrogens with one attached hydrogen (secondary N) is 1. The minimum Gasteiger partial charge on any atom is -0.376 e. The lowest BCUT2D eigenvalue weighted by Gasteiger charge is -2.37. The van der Waals surface area contributed by atoms with Gasteiger partial charge in [-0.05, 0) is 32.3 Å². The first-order valence-corrected chi connectivity index (χ1v) is 6.41. The molecule has 0 spiro atoms. The van der Waals surface area contributed by atoms with Crippen LogP contribution < -0.4 is 5.32 Å². The third kappa shape index (κ3) is 3.58. The zero-order valence-corrected chi connectivity index (χ0v) is 10.5. The van der Waals surface area contributed by atoms with Gasteiger partial charge in [-0.3, -0.25) is 4.90 Å². The van der Waals surface area contributed by atoms with Gasteiger partial charge in [-0.2, -0.15) is 0 Å². The number of rotatable bonds is 5. The van der Waals surface area contributed by atoms with Crippen molar-refractivity contribution in [1.82, 2.24) is 10.2 Å². The highest BCUT2D eigenvalue weighted by molar-refractivity contribution is 5.02. The van der Waals surface area contributed by atoms with Gasteiger partial charge in [0.15, 0.2) is 0 Å². The number of hydrogen-bond acceptors (Lipinski definition) is 3. The molecule has 3 heteroatoms. The van der Waals surface area contributed by atoms with Crippen LogP contribution in [0.5, 0.6) is 0 Å². The van der Waals surface area contributed by atoms with Crippen LogP contribution in [-0.2, 0) is 4.74 Å². The van der Waals surface area contributed by atoms with E-state index < -0.39 is 0 Å². The van der Waals surface area contributed by atoms with Crippen molar-refractivity contribution < 1.29 is 4.74 Å². The van der Waals surface area contributed by atoms with Gasteiger partial charge in [0.25, 0.3) is 0 Å². The van der Waals surface area contributed by atoms with Crippen LogP contribution in [0.25, 0.3) is 0 Å². The maximum Gasteiger partial charge on any atom is 0.0674 e. The Hall–Kier alpha value is -0.380. The molecule has 0 amide bonds. The van der Waals surface area contributed by atoms with E-state index in [0.717, 1.165) is 32.3 Å². The van der Waals surface area contributed by atoms with Gasteiger partial charge in [0.05, 0.1) is 12.7 Å². The normalized spacial score (nSPS) is 31.6. The van der Waals surface area contributed by atoms with Crippen molar-refractivity contribution in [1.29, 1.82) is 0 Å². The van der Waals surface area contributed by atoms with Crippen LogP contribution in [0.1, 0.15) is 26.7 Å². The molecule has 1 aliphatic heterocycles. The van der Waals surface area contributed by atoms with Crippen molar-refractivity contribution >= 4 is 0 Å². The third-order valence-electron chi connectivity index (χ3n) is 3.38. The minimum atomic E-state index is 0.361. The molecule has 2 fully saturated rings. The highest BCUT2D eigenvalue weighted by Crippen LogP contribution is 2.19. The molecule has 3 nitrogen and oxygen atoms in total. The maximum absolute atomic E-state index is 5.62.